The van der Waals surface area contributed by atoms with Crippen LogP contribution in [0.4, 0.5) is 5.69 Å². The van der Waals surface area contributed by atoms with E-state index >= 15 is 0 Å². The van der Waals surface area contributed by atoms with Crippen LogP contribution in [0.3, 0.4) is 0 Å². The highest BCUT2D eigenvalue weighted by atomic mass is 32.2. The SMILES string of the molecule is CC(C)(C)c1cc(C(=O)OCCC[N+](C)(C)Cc2ccccc2)cc(C(C)(C)C)c1O.O=[N+]([O-])c1cccc(S(=O)(=O)O)c1. The monoisotopic (exact) mass is 629 g/mol. The van der Waals surface area contributed by atoms with Crippen LogP contribution in [0.15, 0.2) is 71.6 Å². The molecule has 0 aliphatic carbocycles. The smallest absolute Gasteiger partial charge is 0.338 e. The third kappa shape index (κ3) is 11.0. The lowest BCUT2D eigenvalue weighted by atomic mass is 9.78. The molecule has 3 aromatic rings. The third-order valence-electron chi connectivity index (χ3n) is 6.88. The molecule has 0 aliphatic rings. The molecule has 240 valence electrons. The van der Waals surface area contributed by atoms with Gasteiger partial charge in [-0.3, -0.25) is 14.7 Å². The summed E-state index contributed by atoms with van der Waals surface area (Å²) < 4.78 is 36.1. The number of aromatic hydroxyl groups is 1. The lowest BCUT2D eigenvalue weighted by molar-refractivity contribution is -0.903. The summed E-state index contributed by atoms with van der Waals surface area (Å²) in [6.07, 6.45) is 0.794. The lowest BCUT2D eigenvalue weighted by Gasteiger charge is -2.30. The number of quaternary nitrogens is 1. The minimum absolute atomic E-state index is 0.275. The average Bonchev–Trinajstić information content (AvgIpc) is 2.90. The zero-order valence-corrected chi connectivity index (χ0v) is 27.6. The number of nitro benzene ring substituents is 1. The second kappa shape index (κ2) is 14.3. The van der Waals surface area contributed by atoms with Gasteiger partial charge in [0.05, 0.1) is 37.7 Å². The van der Waals surface area contributed by atoms with Crippen molar-refractivity contribution in [1.29, 1.82) is 0 Å². The van der Waals surface area contributed by atoms with Crippen LogP contribution in [0.2, 0.25) is 0 Å². The number of benzene rings is 3. The van der Waals surface area contributed by atoms with Crippen LogP contribution in [0, 0.1) is 10.1 Å². The number of phenolic OH excluding ortho intramolecular Hbond substituents is 1. The van der Waals surface area contributed by atoms with Crippen molar-refractivity contribution in [2.75, 3.05) is 27.2 Å². The molecule has 11 heteroatoms. The minimum Gasteiger partial charge on any atom is -0.507 e. The molecule has 0 saturated heterocycles. The molecule has 3 aromatic carbocycles. The first-order valence-corrected chi connectivity index (χ1v) is 15.7. The van der Waals surface area contributed by atoms with Gasteiger partial charge in [0, 0.05) is 35.2 Å². The van der Waals surface area contributed by atoms with Crippen LogP contribution in [-0.4, -0.2) is 60.7 Å². The van der Waals surface area contributed by atoms with E-state index in [0.29, 0.717) is 12.2 Å². The molecule has 3 rings (SSSR count). The highest BCUT2D eigenvalue weighted by Crippen LogP contribution is 2.40. The molecule has 0 unspecified atom stereocenters. The highest BCUT2D eigenvalue weighted by Gasteiger charge is 2.28. The Morgan fingerprint density at radius 3 is 1.93 bits per heavy atom. The summed E-state index contributed by atoms with van der Waals surface area (Å²) in [5.74, 6) is -0.0547. The predicted octanol–water partition coefficient (Wildman–Crippen LogP) is 6.65. The van der Waals surface area contributed by atoms with Gasteiger partial charge < -0.3 is 14.3 Å². The highest BCUT2D eigenvalue weighted by molar-refractivity contribution is 7.85. The quantitative estimate of drug-likeness (QED) is 0.0668. The molecule has 0 amide bonds. The zero-order valence-electron chi connectivity index (χ0n) is 26.8. The first-order valence-electron chi connectivity index (χ1n) is 14.2. The Labute approximate surface area is 260 Å². The van der Waals surface area contributed by atoms with E-state index in [-0.39, 0.29) is 28.2 Å². The van der Waals surface area contributed by atoms with Gasteiger partial charge in [-0.1, -0.05) is 77.9 Å². The molecule has 0 aliphatic heterocycles. The summed E-state index contributed by atoms with van der Waals surface area (Å²) in [7, 11) is 0.0256. The molecule has 10 nitrogen and oxygen atoms in total. The van der Waals surface area contributed by atoms with Crippen LogP contribution in [0.1, 0.15) is 75.0 Å². The van der Waals surface area contributed by atoms with Gasteiger partial charge in [0.25, 0.3) is 15.8 Å². The Kier molecular flexibility index (Phi) is 11.8. The predicted molar refractivity (Wildman–Crippen MR) is 170 cm³/mol. The maximum absolute atomic E-state index is 12.8. The molecule has 0 spiro atoms. The Morgan fingerprint density at radius 2 is 1.45 bits per heavy atom. The maximum Gasteiger partial charge on any atom is 0.338 e. The molecule has 44 heavy (non-hydrogen) atoms. The maximum atomic E-state index is 12.8. The fourth-order valence-electron chi connectivity index (χ4n) is 4.55. The Balaban J connectivity index is 0.000000432. The standard InChI is InChI=1S/C27H39NO3.C6H5NO5S/c1-26(2,3)22-17-21(18-23(24(22)29)27(4,5)6)25(30)31-16-12-15-28(7,8)19-20-13-10-9-11-14-20;8-7(9)5-2-1-3-6(4-5)13(10,11)12/h9-11,13-14,17-18H,12,15-16,19H2,1-8H3;1-4H,(H,10,11,12)/p+1. The van der Waals surface area contributed by atoms with Crippen molar-refractivity contribution in [2.24, 2.45) is 0 Å². The molecule has 2 N–H and O–H groups in total. The van der Waals surface area contributed by atoms with Crippen molar-refractivity contribution >= 4 is 21.8 Å². The van der Waals surface area contributed by atoms with Crippen molar-refractivity contribution < 1.29 is 37.0 Å². The van der Waals surface area contributed by atoms with Crippen molar-refractivity contribution in [3.05, 3.63) is 99.1 Å². The largest absolute Gasteiger partial charge is 0.507 e. The second-order valence-corrected chi connectivity index (χ2v) is 14.9. The average molecular weight is 630 g/mol. The fourth-order valence-corrected chi connectivity index (χ4v) is 5.07. The number of rotatable bonds is 9. The van der Waals surface area contributed by atoms with E-state index in [0.717, 1.165) is 53.3 Å². The topological polar surface area (TPSA) is 144 Å². The fraction of sp³-hybridized carbons (Fsp3) is 0.424. The first-order chi connectivity index (χ1) is 20.1. The Hall–Kier alpha value is -3.80. The van der Waals surface area contributed by atoms with Gasteiger partial charge in [-0.25, -0.2) is 4.79 Å². The summed E-state index contributed by atoms with van der Waals surface area (Å²) >= 11 is 0. The number of hydrogen-bond donors (Lipinski definition) is 2. The van der Waals surface area contributed by atoms with E-state index in [2.05, 4.69) is 38.4 Å². The van der Waals surface area contributed by atoms with Gasteiger partial charge in [0.1, 0.15) is 17.2 Å². The van der Waals surface area contributed by atoms with Crippen LogP contribution in [0.25, 0.3) is 0 Å². The van der Waals surface area contributed by atoms with Gasteiger partial charge in [-0.15, -0.1) is 0 Å². The molecule has 0 atom stereocenters. The van der Waals surface area contributed by atoms with Gasteiger partial charge >= 0.3 is 5.97 Å². The van der Waals surface area contributed by atoms with E-state index in [1.807, 2.05) is 47.6 Å². The second-order valence-electron chi connectivity index (χ2n) is 13.4. The molecular formula is C33H45N2O8S+. The number of nitro groups is 1. The van der Waals surface area contributed by atoms with Gasteiger partial charge in [-0.2, -0.15) is 8.42 Å². The lowest BCUT2D eigenvalue weighted by Crippen LogP contribution is -2.40. The Morgan fingerprint density at radius 1 is 0.909 bits per heavy atom. The first kappa shape index (κ1) is 36.4. The van der Waals surface area contributed by atoms with Gasteiger partial charge in [0.15, 0.2) is 0 Å². The van der Waals surface area contributed by atoms with Crippen LogP contribution < -0.4 is 0 Å². The van der Waals surface area contributed by atoms with Gasteiger partial charge in [-0.05, 0) is 29.0 Å². The summed E-state index contributed by atoms with van der Waals surface area (Å²) in [5.41, 5.74) is 2.41. The number of esters is 1. The van der Waals surface area contributed by atoms with E-state index in [4.69, 9.17) is 9.29 Å². The van der Waals surface area contributed by atoms with E-state index in [9.17, 15) is 28.4 Å². The third-order valence-corrected chi connectivity index (χ3v) is 7.73. The summed E-state index contributed by atoms with van der Waals surface area (Å²) in [4.78, 5) is 21.8. The zero-order chi connectivity index (χ0) is 33.5. The van der Waals surface area contributed by atoms with E-state index in [1.165, 1.54) is 11.6 Å². The molecule has 0 fully saturated rings. The number of carbonyl (C=O) groups is 1. The molecule has 0 aromatic heterocycles. The van der Waals surface area contributed by atoms with E-state index in [1.54, 1.807) is 12.1 Å². The minimum atomic E-state index is -4.36. The van der Waals surface area contributed by atoms with Crippen molar-refractivity contribution in [3.63, 3.8) is 0 Å². The number of carbonyl (C=O) groups excluding carboxylic acids is 1. The van der Waals surface area contributed by atoms with E-state index < -0.39 is 19.9 Å². The van der Waals surface area contributed by atoms with Crippen molar-refractivity contribution in [1.82, 2.24) is 0 Å². The number of ether oxygens (including phenoxy) is 1. The molecule has 0 saturated carbocycles. The molecular weight excluding hydrogens is 584 g/mol. The van der Waals surface area contributed by atoms with Crippen LogP contribution in [-0.2, 0) is 32.2 Å². The molecule has 0 radical (unpaired) electrons. The normalized spacial score (nSPS) is 12.2. The summed E-state index contributed by atoms with van der Waals surface area (Å²) in [6.45, 7) is 14.5. The van der Waals surface area contributed by atoms with Crippen molar-refractivity contribution in [3.8, 4) is 5.75 Å². The number of nitrogens with zero attached hydrogens (tertiary/aromatic N) is 2. The van der Waals surface area contributed by atoms with Crippen LogP contribution in [0.5, 0.6) is 5.75 Å². The molecule has 0 bridgehead atoms. The summed E-state index contributed by atoms with van der Waals surface area (Å²) in [5, 5.41) is 21.0. The van der Waals surface area contributed by atoms with Gasteiger partial charge in [0.2, 0.25) is 0 Å². The number of phenols is 1. The Bertz CT molecular complexity index is 1520. The summed E-state index contributed by atoms with van der Waals surface area (Å²) in [6, 6.07) is 18.2. The van der Waals surface area contributed by atoms with Crippen LogP contribution >= 0.6 is 0 Å². The number of hydrogen-bond acceptors (Lipinski definition) is 7. The van der Waals surface area contributed by atoms with Crippen molar-refractivity contribution in [2.45, 2.75) is 70.2 Å². The molecule has 0 heterocycles. The number of non-ortho nitro benzene ring substituents is 1.